The number of aromatic nitrogens is 4. The number of halogens is 1. The topological polar surface area (TPSA) is 175 Å². The summed E-state index contributed by atoms with van der Waals surface area (Å²) in [6.07, 6.45) is 6.06. The Morgan fingerprint density at radius 2 is 1.30 bits per heavy atom. The molecule has 2 heterocycles. The second-order valence-electron chi connectivity index (χ2n) is 5.09. The van der Waals surface area contributed by atoms with Crippen LogP contribution >= 0.6 is 11.6 Å². The van der Waals surface area contributed by atoms with E-state index in [0.29, 0.717) is 5.82 Å². The van der Waals surface area contributed by atoms with Gasteiger partial charge in [-0.15, -0.1) is 0 Å². The fourth-order valence-electron chi connectivity index (χ4n) is 1.15. The Labute approximate surface area is 163 Å². The first-order chi connectivity index (χ1) is 12.3. The maximum absolute atomic E-state index is 10.9. The molecule has 0 aliphatic heterocycles. The molecule has 2 aromatic heterocycles. The van der Waals surface area contributed by atoms with E-state index in [1.54, 1.807) is 19.0 Å². The van der Waals surface area contributed by atoms with Crippen LogP contribution in [0.5, 0.6) is 0 Å². The zero-order valence-corrected chi connectivity index (χ0v) is 17.6. The molecule has 14 heteroatoms. The first-order valence-electron chi connectivity index (χ1n) is 7.35. The average molecular weight is 440 g/mol. The van der Waals surface area contributed by atoms with E-state index < -0.39 is 20.0 Å². The highest BCUT2D eigenvalue weighted by molar-refractivity contribution is 7.89. The van der Waals surface area contributed by atoms with Gasteiger partial charge in [0.05, 0.1) is 24.8 Å². The number of hydrogen-bond donors (Lipinski definition) is 2. The highest BCUT2D eigenvalue weighted by Crippen LogP contribution is 2.08. The van der Waals surface area contributed by atoms with Gasteiger partial charge >= 0.3 is 0 Å². The highest BCUT2D eigenvalue weighted by Gasteiger charge is 2.11. The van der Waals surface area contributed by atoms with Gasteiger partial charge in [0.1, 0.15) is 11.0 Å². The van der Waals surface area contributed by atoms with Gasteiger partial charge in [-0.25, -0.2) is 37.1 Å². The van der Waals surface area contributed by atoms with Gasteiger partial charge in [0.2, 0.25) is 0 Å². The van der Waals surface area contributed by atoms with E-state index in [9.17, 15) is 16.8 Å². The van der Waals surface area contributed by atoms with Crippen molar-refractivity contribution in [3.8, 4) is 0 Å². The second kappa shape index (κ2) is 11.0. The smallest absolute Gasteiger partial charge is 0.257 e. The quantitative estimate of drug-likeness (QED) is 0.684. The monoisotopic (exact) mass is 439 g/mol. The van der Waals surface area contributed by atoms with Gasteiger partial charge in [0.25, 0.3) is 20.0 Å². The van der Waals surface area contributed by atoms with Crippen LogP contribution in [0.2, 0.25) is 5.15 Å². The van der Waals surface area contributed by atoms with E-state index >= 15 is 0 Å². The lowest BCUT2D eigenvalue weighted by Gasteiger charge is -2.10. The lowest BCUT2D eigenvalue weighted by atomic mass is 10.6. The van der Waals surface area contributed by atoms with Crippen molar-refractivity contribution in [3.05, 3.63) is 29.9 Å². The summed E-state index contributed by atoms with van der Waals surface area (Å²) in [5, 5.41) is 9.06. The summed E-state index contributed by atoms with van der Waals surface area (Å²) in [4.78, 5) is 16.1. The zero-order valence-electron chi connectivity index (χ0n) is 15.2. The molecular weight excluding hydrogens is 418 g/mol. The average Bonchev–Trinajstić information content (AvgIpc) is 2.55. The van der Waals surface area contributed by atoms with Crippen LogP contribution in [0.15, 0.2) is 34.8 Å². The molecule has 0 saturated heterocycles. The molecule has 27 heavy (non-hydrogen) atoms. The van der Waals surface area contributed by atoms with Crippen molar-refractivity contribution < 1.29 is 16.8 Å². The largest absolute Gasteiger partial charge is 0.361 e. The number of hydrogen-bond acceptors (Lipinski definition) is 9. The molecule has 0 aromatic carbocycles. The van der Waals surface area contributed by atoms with Crippen molar-refractivity contribution in [2.24, 2.45) is 10.3 Å². The van der Waals surface area contributed by atoms with E-state index in [1.807, 2.05) is 0 Å². The molecule has 0 saturated carbocycles. The molecule has 0 fully saturated rings. The van der Waals surface area contributed by atoms with Crippen LogP contribution < -0.4 is 15.2 Å². The van der Waals surface area contributed by atoms with Crippen molar-refractivity contribution in [3.63, 3.8) is 0 Å². The summed E-state index contributed by atoms with van der Waals surface area (Å²) in [6, 6.07) is 0. The molecule has 152 valence electrons. The number of anilines is 1. The third-order valence-electron chi connectivity index (χ3n) is 2.22. The third-order valence-corrected chi connectivity index (χ3v) is 3.97. The van der Waals surface area contributed by atoms with E-state index in [1.165, 1.54) is 18.8 Å². The van der Waals surface area contributed by atoms with Crippen molar-refractivity contribution >= 4 is 37.5 Å². The Hall–Kier alpha value is -1.93. The van der Waals surface area contributed by atoms with Crippen molar-refractivity contribution in [2.45, 2.75) is 30.3 Å². The number of rotatable bonds is 3. The Bertz CT molecular complexity index is 937. The Kier molecular flexibility index (Phi) is 10.2. The summed E-state index contributed by atoms with van der Waals surface area (Å²) < 4.78 is 42.9. The molecule has 0 aliphatic carbocycles. The molecule has 0 radical (unpaired) electrons. The SMILES string of the molecule is CCC.CN(C)c1cncc(S(N)(=O)=O)n1.NS(=O)(=O)c1cncc(Cl)n1. The van der Waals surface area contributed by atoms with Crippen LogP contribution in [0, 0.1) is 0 Å². The van der Waals surface area contributed by atoms with Crippen LogP contribution in [0.1, 0.15) is 20.3 Å². The summed E-state index contributed by atoms with van der Waals surface area (Å²) in [5.74, 6) is 0.450. The van der Waals surface area contributed by atoms with Crippen molar-refractivity contribution in [2.75, 3.05) is 19.0 Å². The fraction of sp³-hybridized carbons (Fsp3) is 0.385. The molecule has 2 rings (SSSR count). The lowest BCUT2D eigenvalue weighted by Crippen LogP contribution is -2.17. The molecular formula is C13H22ClN7O4S2. The second-order valence-corrected chi connectivity index (χ2v) is 8.49. The number of nitrogens with zero attached hydrogens (tertiary/aromatic N) is 5. The minimum atomic E-state index is -3.78. The summed E-state index contributed by atoms with van der Waals surface area (Å²) in [5.41, 5.74) is 0. The molecule has 11 nitrogen and oxygen atoms in total. The molecule has 0 atom stereocenters. The standard InChI is InChI=1S/C6H10N4O2S.C4H4ClN3O2S.C3H8/c1-10(2)5-3-8-4-6(9-5)13(7,11)12;5-3-1-7-2-4(8-3)11(6,9)10;1-3-2/h3-4H,1-2H3,(H2,7,11,12);1-2H,(H2,6,9,10);3H2,1-2H3. The number of nitrogens with two attached hydrogens (primary N) is 2. The van der Waals surface area contributed by atoms with Crippen LogP contribution in [0.4, 0.5) is 5.82 Å². The summed E-state index contributed by atoms with van der Waals surface area (Å²) >= 11 is 5.36. The van der Waals surface area contributed by atoms with E-state index in [4.69, 9.17) is 21.9 Å². The van der Waals surface area contributed by atoms with Gasteiger partial charge < -0.3 is 4.90 Å². The minimum Gasteiger partial charge on any atom is -0.361 e. The van der Waals surface area contributed by atoms with Crippen LogP contribution in [0.25, 0.3) is 0 Å². The van der Waals surface area contributed by atoms with Crippen LogP contribution in [-0.2, 0) is 20.0 Å². The lowest BCUT2D eigenvalue weighted by molar-refractivity contribution is 0.591. The first-order valence-corrected chi connectivity index (χ1v) is 10.8. The van der Waals surface area contributed by atoms with E-state index in [0.717, 1.165) is 12.4 Å². The van der Waals surface area contributed by atoms with Gasteiger partial charge in [0.15, 0.2) is 10.1 Å². The summed E-state index contributed by atoms with van der Waals surface area (Å²) in [7, 11) is -4.08. The molecule has 0 unspecified atom stereocenters. The third kappa shape index (κ3) is 10.1. The normalized spacial score (nSPS) is 10.8. The van der Waals surface area contributed by atoms with Crippen LogP contribution in [-0.4, -0.2) is 50.9 Å². The maximum atomic E-state index is 10.9. The van der Waals surface area contributed by atoms with E-state index in [2.05, 4.69) is 33.8 Å². The predicted molar refractivity (Wildman–Crippen MR) is 102 cm³/mol. The van der Waals surface area contributed by atoms with Gasteiger partial charge in [-0.3, -0.25) is 9.97 Å². The number of primary sulfonamides is 2. The van der Waals surface area contributed by atoms with E-state index in [-0.39, 0.29) is 15.2 Å². The number of sulfonamides is 2. The Morgan fingerprint density at radius 3 is 1.63 bits per heavy atom. The van der Waals surface area contributed by atoms with Gasteiger partial charge in [-0.2, -0.15) is 0 Å². The molecule has 0 bridgehead atoms. The van der Waals surface area contributed by atoms with Gasteiger partial charge in [0, 0.05) is 14.1 Å². The molecule has 0 spiro atoms. The van der Waals surface area contributed by atoms with Crippen LogP contribution in [0.3, 0.4) is 0 Å². The van der Waals surface area contributed by atoms with Crippen molar-refractivity contribution in [1.82, 2.24) is 19.9 Å². The van der Waals surface area contributed by atoms with Gasteiger partial charge in [-0.1, -0.05) is 31.9 Å². The molecule has 0 aliphatic rings. The minimum absolute atomic E-state index is 0.00322. The summed E-state index contributed by atoms with van der Waals surface area (Å²) in [6.45, 7) is 4.25. The highest BCUT2D eigenvalue weighted by atomic mass is 35.5. The zero-order chi connectivity index (χ0) is 21.3. The molecule has 0 amide bonds. The predicted octanol–water partition coefficient (Wildman–Crippen LogP) is 0.384. The van der Waals surface area contributed by atoms with Gasteiger partial charge in [-0.05, 0) is 0 Å². The molecule has 2 aromatic rings. The first kappa shape index (κ1) is 25.1. The molecule has 4 N–H and O–H groups in total. The Morgan fingerprint density at radius 1 is 0.889 bits per heavy atom. The Balaban J connectivity index is 0.000000442. The maximum Gasteiger partial charge on any atom is 0.257 e. The fourth-order valence-corrected chi connectivity index (χ4v) is 2.21. The van der Waals surface area contributed by atoms with Crippen molar-refractivity contribution in [1.29, 1.82) is 0 Å².